The third-order valence-electron chi connectivity index (χ3n) is 4.77. The number of aryl methyl sites for hydroxylation is 2. The Morgan fingerprint density at radius 1 is 1.28 bits per heavy atom. The Morgan fingerprint density at radius 2 is 2.04 bits per heavy atom. The van der Waals surface area contributed by atoms with Crippen molar-refractivity contribution in [1.82, 2.24) is 0 Å². The smallest absolute Gasteiger partial charge is 0.313 e. The molecular weight excluding hydrogens is 316 g/mol. The number of hydrogen-bond donors (Lipinski definition) is 0. The number of esters is 1. The van der Waals surface area contributed by atoms with E-state index in [1.165, 1.54) is 5.56 Å². The van der Waals surface area contributed by atoms with Crippen molar-refractivity contribution in [2.24, 2.45) is 5.41 Å². The van der Waals surface area contributed by atoms with Gasteiger partial charge in [0.05, 0.1) is 18.1 Å². The predicted molar refractivity (Wildman–Crippen MR) is 98.7 cm³/mol. The molecule has 0 spiro atoms. The zero-order chi connectivity index (χ0) is 18.4. The first kappa shape index (κ1) is 19.8. The van der Waals surface area contributed by atoms with Crippen molar-refractivity contribution in [2.75, 3.05) is 6.61 Å². The van der Waals surface area contributed by atoms with Crippen LogP contribution < -0.4 is 4.74 Å². The van der Waals surface area contributed by atoms with Crippen molar-refractivity contribution in [3.63, 3.8) is 0 Å². The van der Waals surface area contributed by atoms with Crippen molar-refractivity contribution in [1.29, 1.82) is 0 Å². The molecule has 4 nitrogen and oxygen atoms in total. The Labute approximate surface area is 151 Å². The van der Waals surface area contributed by atoms with Crippen LogP contribution in [0.1, 0.15) is 64.0 Å². The summed E-state index contributed by atoms with van der Waals surface area (Å²) in [5, 5.41) is 0. The van der Waals surface area contributed by atoms with Gasteiger partial charge in [-0.2, -0.15) is 0 Å². The molecule has 1 aromatic carbocycles. The molecule has 0 aliphatic carbocycles. The second-order valence-electron chi connectivity index (χ2n) is 7.82. The number of hydrogen-bond acceptors (Lipinski definition) is 4. The van der Waals surface area contributed by atoms with Crippen molar-refractivity contribution < 1.29 is 19.0 Å². The van der Waals surface area contributed by atoms with Gasteiger partial charge in [-0.25, -0.2) is 0 Å². The lowest BCUT2D eigenvalue weighted by Gasteiger charge is -2.30. The second-order valence-corrected chi connectivity index (χ2v) is 7.82. The van der Waals surface area contributed by atoms with E-state index < -0.39 is 5.41 Å². The summed E-state index contributed by atoms with van der Waals surface area (Å²) in [5.74, 6) is 0.739. The Kier molecular flexibility index (Phi) is 6.88. The fourth-order valence-corrected chi connectivity index (χ4v) is 2.99. The van der Waals surface area contributed by atoms with Gasteiger partial charge in [-0.1, -0.05) is 12.1 Å². The molecule has 0 radical (unpaired) electrons. The van der Waals surface area contributed by atoms with Gasteiger partial charge < -0.3 is 14.2 Å². The van der Waals surface area contributed by atoms with Gasteiger partial charge in [0.2, 0.25) is 6.29 Å². The average Bonchev–Trinajstić information content (AvgIpc) is 2.54. The number of benzene rings is 1. The minimum absolute atomic E-state index is 0.167. The van der Waals surface area contributed by atoms with Gasteiger partial charge in [-0.15, -0.1) is 0 Å². The largest absolute Gasteiger partial charge is 0.493 e. The summed E-state index contributed by atoms with van der Waals surface area (Å²) >= 11 is 0. The summed E-state index contributed by atoms with van der Waals surface area (Å²) in [4.78, 5) is 12.5. The Hall–Kier alpha value is -1.55. The van der Waals surface area contributed by atoms with Crippen molar-refractivity contribution in [2.45, 2.75) is 79.1 Å². The molecule has 0 aromatic heterocycles. The molecule has 1 aliphatic heterocycles. The lowest BCUT2D eigenvalue weighted by atomic mass is 9.88. The molecule has 1 fully saturated rings. The zero-order valence-electron chi connectivity index (χ0n) is 16.3. The molecule has 0 N–H and O–H groups in total. The van der Waals surface area contributed by atoms with E-state index >= 15 is 0 Å². The van der Waals surface area contributed by atoms with Gasteiger partial charge in [-0.05, 0) is 77.5 Å². The molecule has 4 heteroatoms. The first-order valence-electron chi connectivity index (χ1n) is 9.34. The average molecular weight is 348 g/mol. The number of ether oxygens (including phenoxy) is 3. The van der Waals surface area contributed by atoms with Gasteiger partial charge in [0.1, 0.15) is 5.75 Å². The van der Waals surface area contributed by atoms with E-state index in [-0.39, 0.29) is 18.4 Å². The van der Waals surface area contributed by atoms with Crippen LogP contribution in [-0.2, 0) is 14.3 Å². The molecular formula is C21H32O4. The molecule has 140 valence electrons. The normalized spacial score (nSPS) is 21.0. The number of carbonyl (C=O) groups excluding carboxylic acids is 1. The van der Waals surface area contributed by atoms with E-state index in [0.717, 1.165) is 43.4 Å². The molecule has 1 aromatic rings. The first-order valence-corrected chi connectivity index (χ1v) is 9.34. The minimum atomic E-state index is -0.533. The van der Waals surface area contributed by atoms with Crippen LogP contribution >= 0.6 is 0 Å². The monoisotopic (exact) mass is 348 g/mol. The standard InChI is InChI=1S/C21H32O4/c1-15-10-11-16(2)18(14-15)23-13-7-12-21(4,5)20(22)25-19-9-6-8-17(3)24-19/h10-11,14,17,19H,6-9,12-13H2,1-5H3/t17-,19+/m1/s1. The van der Waals surface area contributed by atoms with E-state index in [2.05, 4.69) is 25.1 Å². The predicted octanol–water partition coefficient (Wildman–Crippen LogP) is 4.95. The van der Waals surface area contributed by atoms with Crippen LogP contribution in [0.5, 0.6) is 5.75 Å². The highest BCUT2D eigenvalue weighted by Crippen LogP contribution is 2.28. The van der Waals surface area contributed by atoms with E-state index in [1.54, 1.807) is 0 Å². The van der Waals surface area contributed by atoms with E-state index in [0.29, 0.717) is 6.61 Å². The highest BCUT2D eigenvalue weighted by atomic mass is 16.7. The Balaban J connectivity index is 1.76. The van der Waals surface area contributed by atoms with Crippen LogP contribution in [0.25, 0.3) is 0 Å². The maximum absolute atomic E-state index is 12.5. The molecule has 1 aliphatic rings. The van der Waals surface area contributed by atoms with Crippen molar-refractivity contribution in [3.8, 4) is 5.75 Å². The lowest BCUT2D eigenvalue weighted by molar-refractivity contribution is -0.208. The molecule has 1 saturated heterocycles. The minimum Gasteiger partial charge on any atom is -0.493 e. The highest BCUT2D eigenvalue weighted by Gasteiger charge is 2.32. The van der Waals surface area contributed by atoms with E-state index in [9.17, 15) is 4.79 Å². The van der Waals surface area contributed by atoms with Crippen LogP contribution in [0, 0.1) is 19.3 Å². The van der Waals surface area contributed by atoms with Gasteiger partial charge in [0.25, 0.3) is 0 Å². The zero-order valence-corrected chi connectivity index (χ0v) is 16.3. The Morgan fingerprint density at radius 3 is 2.76 bits per heavy atom. The first-order chi connectivity index (χ1) is 11.8. The van der Waals surface area contributed by atoms with Crippen molar-refractivity contribution >= 4 is 5.97 Å². The summed E-state index contributed by atoms with van der Waals surface area (Å²) in [6, 6.07) is 6.20. The molecule has 0 amide bonds. The van der Waals surface area contributed by atoms with Crippen molar-refractivity contribution in [3.05, 3.63) is 29.3 Å². The summed E-state index contributed by atoms with van der Waals surface area (Å²) in [6.45, 7) is 10.6. The van der Waals surface area contributed by atoms with Crippen LogP contribution in [0.15, 0.2) is 18.2 Å². The maximum Gasteiger partial charge on any atom is 0.313 e. The highest BCUT2D eigenvalue weighted by molar-refractivity contribution is 5.75. The maximum atomic E-state index is 12.5. The summed E-state index contributed by atoms with van der Waals surface area (Å²) in [5.41, 5.74) is 1.79. The molecule has 0 unspecified atom stereocenters. The molecule has 1 heterocycles. The quantitative estimate of drug-likeness (QED) is 0.517. The summed E-state index contributed by atoms with van der Waals surface area (Å²) < 4.78 is 17.1. The van der Waals surface area contributed by atoms with Gasteiger partial charge in [0, 0.05) is 6.42 Å². The third-order valence-corrected chi connectivity index (χ3v) is 4.77. The fourth-order valence-electron chi connectivity index (χ4n) is 2.99. The number of rotatable bonds is 7. The Bertz CT molecular complexity index is 579. The van der Waals surface area contributed by atoms with Crippen LogP contribution in [0.4, 0.5) is 0 Å². The summed E-state index contributed by atoms with van der Waals surface area (Å²) in [7, 11) is 0. The molecule has 2 atom stereocenters. The van der Waals surface area contributed by atoms with Crippen LogP contribution in [0.3, 0.4) is 0 Å². The van der Waals surface area contributed by atoms with Crippen LogP contribution in [-0.4, -0.2) is 25.0 Å². The van der Waals surface area contributed by atoms with E-state index in [4.69, 9.17) is 14.2 Å². The molecule has 25 heavy (non-hydrogen) atoms. The van der Waals surface area contributed by atoms with Crippen LogP contribution in [0.2, 0.25) is 0 Å². The van der Waals surface area contributed by atoms with E-state index in [1.807, 2.05) is 27.7 Å². The van der Waals surface area contributed by atoms with Gasteiger partial charge >= 0.3 is 5.97 Å². The molecule has 2 rings (SSSR count). The second kappa shape index (κ2) is 8.70. The fraction of sp³-hybridized carbons (Fsp3) is 0.667. The van der Waals surface area contributed by atoms with Gasteiger partial charge in [0.15, 0.2) is 0 Å². The van der Waals surface area contributed by atoms with Gasteiger partial charge in [-0.3, -0.25) is 4.79 Å². The number of carbonyl (C=O) groups is 1. The lowest BCUT2D eigenvalue weighted by Crippen LogP contribution is -2.35. The molecule has 0 saturated carbocycles. The molecule has 0 bridgehead atoms. The topological polar surface area (TPSA) is 44.8 Å². The summed E-state index contributed by atoms with van der Waals surface area (Å²) in [6.07, 6.45) is 4.18. The third kappa shape index (κ3) is 6.03. The SMILES string of the molecule is Cc1ccc(C)c(OCCCC(C)(C)C(=O)O[C@H]2CCC[C@@H](C)O2)c1.